The fraction of sp³-hybridized carbons (Fsp3) is 0.348. The van der Waals surface area contributed by atoms with Gasteiger partial charge in [0.15, 0.2) is 0 Å². The number of likely N-dealkylation sites (N-methyl/N-ethyl adjacent to an activating group) is 1. The Kier molecular flexibility index (Phi) is 7.35. The van der Waals surface area contributed by atoms with Crippen LogP contribution in [0.15, 0.2) is 67.1 Å². The molecule has 0 radical (unpaired) electrons. The van der Waals surface area contributed by atoms with E-state index in [2.05, 4.69) is 37.5 Å². The van der Waals surface area contributed by atoms with Crippen LogP contribution in [0, 0.1) is 0 Å². The maximum atomic E-state index is 12.5. The summed E-state index contributed by atoms with van der Waals surface area (Å²) in [5, 5.41) is 0. The first-order valence-corrected chi connectivity index (χ1v) is 10.0. The third kappa shape index (κ3) is 6.32. The summed E-state index contributed by atoms with van der Waals surface area (Å²) in [5.41, 5.74) is 2.83. The van der Waals surface area contributed by atoms with Crippen LogP contribution in [0.5, 0.6) is 5.75 Å². The van der Waals surface area contributed by atoms with Crippen LogP contribution < -0.4 is 9.64 Å². The van der Waals surface area contributed by atoms with E-state index < -0.39 is 6.36 Å². The molecule has 0 spiro atoms. The summed E-state index contributed by atoms with van der Waals surface area (Å²) in [6, 6.07) is 9.85. The van der Waals surface area contributed by atoms with Crippen LogP contribution in [0.2, 0.25) is 0 Å². The van der Waals surface area contributed by atoms with Crippen LogP contribution in [-0.4, -0.2) is 61.5 Å². The smallest absolute Gasteiger partial charge is 0.406 e. The number of halogens is 3. The molecule has 1 aliphatic rings. The third-order valence-corrected chi connectivity index (χ3v) is 4.96. The summed E-state index contributed by atoms with van der Waals surface area (Å²) in [7, 11) is 6.14. The number of hydrogen-bond acceptors (Lipinski definition) is 5. The van der Waals surface area contributed by atoms with E-state index in [1.54, 1.807) is 18.3 Å². The molecule has 31 heavy (non-hydrogen) atoms. The molecule has 166 valence electrons. The van der Waals surface area contributed by atoms with Crippen molar-refractivity contribution in [2.24, 2.45) is 0 Å². The molecule has 3 rings (SSSR count). The van der Waals surface area contributed by atoms with Crippen molar-refractivity contribution in [1.29, 1.82) is 0 Å². The van der Waals surface area contributed by atoms with E-state index in [0.29, 0.717) is 0 Å². The molecule has 1 unspecified atom stereocenters. The quantitative estimate of drug-likeness (QED) is 0.608. The number of anilines is 1. The summed E-state index contributed by atoms with van der Waals surface area (Å²) < 4.78 is 41.5. The van der Waals surface area contributed by atoms with Gasteiger partial charge >= 0.3 is 6.36 Å². The minimum Gasteiger partial charge on any atom is -0.406 e. The molecule has 0 fully saturated rings. The molecule has 0 amide bonds. The van der Waals surface area contributed by atoms with E-state index in [1.807, 2.05) is 44.7 Å². The average molecular weight is 432 g/mol. The van der Waals surface area contributed by atoms with Gasteiger partial charge in [0.05, 0.1) is 0 Å². The molecule has 0 saturated heterocycles. The van der Waals surface area contributed by atoms with Gasteiger partial charge in [-0.3, -0.25) is 9.88 Å². The Morgan fingerprint density at radius 3 is 2.42 bits per heavy atom. The molecule has 1 aromatic heterocycles. The molecular formula is C23H27F3N4O. The van der Waals surface area contributed by atoms with Crippen molar-refractivity contribution in [2.75, 3.05) is 39.1 Å². The number of alkyl halides is 3. The molecule has 0 bridgehead atoms. The van der Waals surface area contributed by atoms with E-state index in [-0.39, 0.29) is 11.9 Å². The van der Waals surface area contributed by atoms with E-state index in [4.69, 9.17) is 0 Å². The van der Waals surface area contributed by atoms with Crippen molar-refractivity contribution in [3.05, 3.63) is 72.7 Å². The maximum absolute atomic E-state index is 12.5. The zero-order valence-electron chi connectivity index (χ0n) is 17.9. The predicted molar refractivity (Wildman–Crippen MR) is 117 cm³/mol. The van der Waals surface area contributed by atoms with Crippen LogP contribution in [-0.2, 0) is 0 Å². The molecule has 0 aliphatic carbocycles. The summed E-state index contributed by atoms with van der Waals surface area (Å²) in [6.07, 6.45) is 5.63. The molecule has 1 atom stereocenters. The van der Waals surface area contributed by atoms with Gasteiger partial charge in [-0.15, -0.1) is 13.2 Å². The molecular weight excluding hydrogens is 405 g/mol. The van der Waals surface area contributed by atoms with Gasteiger partial charge < -0.3 is 14.5 Å². The summed E-state index contributed by atoms with van der Waals surface area (Å²) in [5.74, 6) is -0.240. The zero-order chi connectivity index (χ0) is 22.4. The molecule has 0 saturated carbocycles. The summed E-state index contributed by atoms with van der Waals surface area (Å²) in [4.78, 5) is 10.7. The van der Waals surface area contributed by atoms with E-state index in [1.165, 1.54) is 12.1 Å². The molecule has 1 aliphatic heterocycles. The Bertz CT molecular complexity index is 895. The number of hydrogen-bond donors (Lipinski definition) is 0. The van der Waals surface area contributed by atoms with E-state index >= 15 is 0 Å². The van der Waals surface area contributed by atoms with Crippen molar-refractivity contribution < 1.29 is 17.9 Å². The van der Waals surface area contributed by atoms with Gasteiger partial charge in [-0.1, -0.05) is 12.1 Å². The van der Waals surface area contributed by atoms with E-state index in [9.17, 15) is 13.2 Å². The van der Waals surface area contributed by atoms with Crippen LogP contribution >= 0.6 is 0 Å². The summed E-state index contributed by atoms with van der Waals surface area (Å²) in [6.45, 7) is 1.81. The molecule has 2 heterocycles. The Labute approximate surface area is 181 Å². The number of rotatable bonds is 8. The topological polar surface area (TPSA) is 31.8 Å². The second kappa shape index (κ2) is 9.98. The lowest BCUT2D eigenvalue weighted by Crippen LogP contribution is -2.46. The van der Waals surface area contributed by atoms with Gasteiger partial charge in [-0.25, -0.2) is 0 Å². The van der Waals surface area contributed by atoms with Crippen LogP contribution in [0.1, 0.15) is 12.0 Å². The normalized spacial score (nSPS) is 16.7. The number of ether oxygens (including phenoxy) is 1. The lowest BCUT2D eigenvalue weighted by Gasteiger charge is -2.40. The Morgan fingerprint density at radius 2 is 1.81 bits per heavy atom. The van der Waals surface area contributed by atoms with Crippen LogP contribution in [0.3, 0.4) is 0 Å². The number of nitrogens with zero attached hydrogens (tertiary/aromatic N) is 4. The second-order valence-corrected chi connectivity index (χ2v) is 7.67. The second-order valence-electron chi connectivity index (χ2n) is 7.67. The first-order valence-electron chi connectivity index (χ1n) is 10.0. The van der Waals surface area contributed by atoms with Crippen molar-refractivity contribution in [3.63, 3.8) is 0 Å². The largest absolute Gasteiger partial charge is 0.573 e. The highest BCUT2D eigenvalue weighted by molar-refractivity contribution is 5.76. The number of allylic oxidation sites excluding steroid dienone is 2. The van der Waals surface area contributed by atoms with Crippen molar-refractivity contribution in [3.8, 4) is 5.75 Å². The lowest BCUT2D eigenvalue weighted by molar-refractivity contribution is -0.274. The molecule has 8 heteroatoms. The molecule has 5 nitrogen and oxygen atoms in total. The fourth-order valence-electron chi connectivity index (χ4n) is 3.59. The standard InChI is InChI=1S/C23H27F3N4O/c1-28(2)14-6-15-29(3)22-21(18-7-4-13-27-17-18)8-5-16-30(22)19-9-11-20(12-10-19)31-23(24,25)26/h4-5,7-13,16-17,22H,6,14-15H2,1-3H3. The predicted octanol–water partition coefficient (Wildman–Crippen LogP) is 4.61. The first-order chi connectivity index (χ1) is 14.7. The van der Waals surface area contributed by atoms with Gasteiger partial charge in [0.2, 0.25) is 0 Å². The van der Waals surface area contributed by atoms with Gasteiger partial charge in [-0.2, -0.15) is 0 Å². The maximum Gasteiger partial charge on any atom is 0.573 e. The van der Waals surface area contributed by atoms with Crippen molar-refractivity contribution >= 4 is 11.3 Å². The monoisotopic (exact) mass is 432 g/mol. The van der Waals surface area contributed by atoms with Gasteiger partial charge in [0.1, 0.15) is 11.9 Å². The minimum absolute atomic E-state index is 0.134. The fourth-order valence-corrected chi connectivity index (χ4v) is 3.59. The zero-order valence-corrected chi connectivity index (χ0v) is 17.9. The number of pyridine rings is 1. The van der Waals surface area contributed by atoms with Gasteiger partial charge in [0, 0.05) is 30.8 Å². The van der Waals surface area contributed by atoms with E-state index in [0.717, 1.165) is 36.3 Å². The highest BCUT2D eigenvalue weighted by Gasteiger charge is 2.32. The SMILES string of the molecule is CN(C)CCCN(C)C1C(c2cccnc2)=CC=CN1c1ccc(OC(F)(F)F)cc1. The van der Waals surface area contributed by atoms with Crippen LogP contribution in [0.4, 0.5) is 18.9 Å². The van der Waals surface area contributed by atoms with Crippen LogP contribution in [0.25, 0.3) is 5.57 Å². The number of aromatic nitrogens is 1. The summed E-state index contributed by atoms with van der Waals surface area (Å²) >= 11 is 0. The lowest BCUT2D eigenvalue weighted by atomic mass is 9.99. The van der Waals surface area contributed by atoms with Crippen molar-refractivity contribution in [2.45, 2.75) is 18.9 Å². The Hall–Kier alpha value is -2.84. The number of benzene rings is 1. The average Bonchev–Trinajstić information content (AvgIpc) is 2.73. The Balaban J connectivity index is 1.88. The third-order valence-electron chi connectivity index (χ3n) is 4.96. The Morgan fingerprint density at radius 1 is 1.06 bits per heavy atom. The molecule has 2 aromatic rings. The highest BCUT2D eigenvalue weighted by Crippen LogP contribution is 2.33. The molecule has 0 N–H and O–H groups in total. The van der Waals surface area contributed by atoms with Gasteiger partial charge in [-0.05, 0) is 81.7 Å². The highest BCUT2D eigenvalue weighted by atomic mass is 19.4. The molecule has 1 aromatic carbocycles. The van der Waals surface area contributed by atoms with Crippen molar-refractivity contribution in [1.82, 2.24) is 14.8 Å². The first kappa shape index (κ1) is 22.8. The minimum atomic E-state index is -4.71. The van der Waals surface area contributed by atoms with Gasteiger partial charge in [0.25, 0.3) is 0 Å².